The van der Waals surface area contributed by atoms with Crippen molar-refractivity contribution in [1.82, 2.24) is 5.32 Å². The summed E-state index contributed by atoms with van der Waals surface area (Å²) < 4.78 is 26.1. The van der Waals surface area contributed by atoms with Crippen LogP contribution in [0, 0.1) is 11.6 Å². The van der Waals surface area contributed by atoms with Crippen LogP contribution in [-0.2, 0) is 0 Å². The number of nitrogens with one attached hydrogen (secondary N) is 1. The molecule has 1 heterocycles. The van der Waals surface area contributed by atoms with Crippen molar-refractivity contribution in [3.63, 3.8) is 0 Å². The van der Waals surface area contributed by atoms with E-state index in [-0.39, 0.29) is 0 Å². The van der Waals surface area contributed by atoms with E-state index in [1.807, 2.05) is 6.08 Å². The van der Waals surface area contributed by atoms with Crippen LogP contribution in [0.2, 0.25) is 0 Å². The molecule has 1 aliphatic heterocycles. The van der Waals surface area contributed by atoms with Crippen molar-refractivity contribution in [2.75, 3.05) is 0 Å². The zero-order valence-corrected chi connectivity index (χ0v) is 9.92. The fourth-order valence-electron chi connectivity index (χ4n) is 2.18. The number of rotatable bonds is 2. The average Bonchev–Trinajstić information content (AvgIpc) is 2.28. The number of benzene rings is 1. The highest BCUT2D eigenvalue weighted by molar-refractivity contribution is 5.50. The second-order valence-electron chi connectivity index (χ2n) is 4.63. The maximum atomic E-state index is 13.4. The molecule has 1 saturated heterocycles. The number of halogens is 2. The molecule has 0 spiro atoms. The molecule has 0 amide bonds. The summed E-state index contributed by atoms with van der Waals surface area (Å²) in [6.45, 7) is 2.15. The summed E-state index contributed by atoms with van der Waals surface area (Å²) in [5.74, 6) is -1.05. The van der Waals surface area contributed by atoms with E-state index in [1.165, 1.54) is 25.0 Å². The topological polar surface area (TPSA) is 12.0 Å². The first-order chi connectivity index (χ1) is 8.15. The third kappa shape index (κ3) is 3.37. The zero-order valence-electron chi connectivity index (χ0n) is 9.92. The molecule has 1 fully saturated rings. The maximum Gasteiger partial charge on any atom is 0.133 e. The summed E-state index contributed by atoms with van der Waals surface area (Å²) in [4.78, 5) is 0. The lowest BCUT2D eigenvalue weighted by Gasteiger charge is -2.26. The molecule has 1 N–H and O–H groups in total. The van der Waals surface area contributed by atoms with Gasteiger partial charge in [-0.2, -0.15) is 0 Å². The maximum absolute atomic E-state index is 13.4. The molecular formula is C14H17F2N. The molecule has 17 heavy (non-hydrogen) atoms. The monoisotopic (exact) mass is 237 g/mol. The lowest BCUT2D eigenvalue weighted by atomic mass is 9.99. The van der Waals surface area contributed by atoms with Crippen molar-refractivity contribution in [2.24, 2.45) is 0 Å². The van der Waals surface area contributed by atoms with E-state index in [0.717, 1.165) is 12.5 Å². The fraction of sp³-hybridized carbons (Fsp3) is 0.429. The minimum absolute atomic E-state index is 0.295. The van der Waals surface area contributed by atoms with E-state index in [2.05, 4.69) is 12.2 Å². The van der Waals surface area contributed by atoms with E-state index >= 15 is 0 Å². The van der Waals surface area contributed by atoms with Crippen molar-refractivity contribution in [3.8, 4) is 0 Å². The fourth-order valence-corrected chi connectivity index (χ4v) is 2.18. The van der Waals surface area contributed by atoms with Crippen molar-refractivity contribution in [2.45, 2.75) is 38.3 Å². The van der Waals surface area contributed by atoms with Gasteiger partial charge < -0.3 is 5.32 Å². The van der Waals surface area contributed by atoms with E-state index in [9.17, 15) is 8.78 Å². The lowest BCUT2D eigenvalue weighted by molar-refractivity contribution is 0.375. The van der Waals surface area contributed by atoms with Gasteiger partial charge in [0.25, 0.3) is 0 Å². The van der Waals surface area contributed by atoms with Crippen LogP contribution in [0.15, 0.2) is 24.3 Å². The molecule has 1 aliphatic rings. The van der Waals surface area contributed by atoms with E-state index in [1.54, 1.807) is 6.08 Å². The van der Waals surface area contributed by atoms with Gasteiger partial charge in [-0.15, -0.1) is 0 Å². The van der Waals surface area contributed by atoms with Crippen molar-refractivity contribution < 1.29 is 8.78 Å². The molecular weight excluding hydrogens is 220 g/mol. The van der Waals surface area contributed by atoms with E-state index in [4.69, 9.17) is 0 Å². The predicted molar refractivity (Wildman–Crippen MR) is 65.6 cm³/mol. The molecule has 0 saturated carbocycles. The quantitative estimate of drug-likeness (QED) is 0.830. The largest absolute Gasteiger partial charge is 0.308 e. The predicted octanol–water partition coefficient (Wildman–Crippen LogP) is 3.51. The molecule has 1 aromatic rings. The minimum Gasteiger partial charge on any atom is -0.308 e. The third-order valence-electron chi connectivity index (χ3n) is 3.12. The van der Waals surface area contributed by atoms with Gasteiger partial charge in [0.15, 0.2) is 0 Å². The van der Waals surface area contributed by atoms with Crippen LogP contribution in [0.25, 0.3) is 6.08 Å². The molecule has 3 heteroatoms. The molecule has 92 valence electrons. The van der Waals surface area contributed by atoms with Crippen molar-refractivity contribution in [3.05, 3.63) is 41.5 Å². The van der Waals surface area contributed by atoms with Crippen LogP contribution in [0.4, 0.5) is 8.78 Å². The highest BCUT2D eigenvalue weighted by Gasteiger charge is 2.14. The van der Waals surface area contributed by atoms with Gasteiger partial charge >= 0.3 is 0 Å². The van der Waals surface area contributed by atoms with Crippen LogP contribution >= 0.6 is 0 Å². The second kappa shape index (κ2) is 5.41. The standard InChI is InChI=1S/C14H17F2N/c1-10-3-2-4-13(17-10)8-6-11-5-7-12(15)9-14(11)16/h5-10,13,17H,2-4H2,1H3/b8-6+. The molecule has 0 aromatic heterocycles. The first kappa shape index (κ1) is 12.2. The minimum atomic E-state index is -0.538. The molecule has 2 unspecified atom stereocenters. The second-order valence-corrected chi connectivity index (χ2v) is 4.63. The Labute approximate surface area is 101 Å². The summed E-state index contributed by atoms with van der Waals surface area (Å²) in [6, 6.07) is 4.46. The summed E-state index contributed by atoms with van der Waals surface area (Å²) in [5.41, 5.74) is 0.437. The Hall–Kier alpha value is -1.22. The first-order valence-electron chi connectivity index (χ1n) is 6.04. The van der Waals surface area contributed by atoms with Crippen LogP contribution in [0.3, 0.4) is 0 Å². The van der Waals surface area contributed by atoms with Crippen molar-refractivity contribution >= 4 is 6.08 Å². The number of hydrogen-bond acceptors (Lipinski definition) is 1. The normalized spacial score (nSPS) is 25.4. The van der Waals surface area contributed by atoms with Crippen LogP contribution in [0.5, 0.6) is 0 Å². The highest BCUT2D eigenvalue weighted by Crippen LogP contribution is 2.16. The zero-order chi connectivity index (χ0) is 12.3. The Bertz CT molecular complexity index is 415. The van der Waals surface area contributed by atoms with E-state index in [0.29, 0.717) is 17.6 Å². The first-order valence-corrected chi connectivity index (χ1v) is 6.04. The average molecular weight is 237 g/mol. The SMILES string of the molecule is CC1CCCC(/C=C/c2ccc(F)cc2F)N1. The molecule has 0 bridgehead atoms. The van der Waals surface area contributed by atoms with Gasteiger partial charge in [-0.25, -0.2) is 8.78 Å². The smallest absolute Gasteiger partial charge is 0.133 e. The Balaban J connectivity index is 2.04. The van der Waals surface area contributed by atoms with Gasteiger partial charge in [0.05, 0.1) is 0 Å². The summed E-state index contributed by atoms with van der Waals surface area (Å²) in [5, 5.41) is 3.43. The highest BCUT2D eigenvalue weighted by atomic mass is 19.1. The van der Waals surface area contributed by atoms with E-state index < -0.39 is 11.6 Å². The number of hydrogen-bond donors (Lipinski definition) is 1. The molecule has 2 atom stereocenters. The van der Waals surface area contributed by atoms with Gasteiger partial charge in [-0.3, -0.25) is 0 Å². The molecule has 0 radical (unpaired) electrons. The Morgan fingerprint density at radius 3 is 2.82 bits per heavy atom. The summed E-state index contributed by atoms with van der Waals surface area (Å²) >= 11 is 0. The Morgan fingerprint density at radius 2 is 2.12 bits per heavy atom. The van der Waals surface area contributed by atoms with Crippen LogP contribution in [-0.4, -0.2) is 12.1 Å². The van der Waals surface area contributed by atoms with Gasteiger partial charge in [0.2, 0.25) is 0 Å². The van der Waals surface area contributed by atoms with Gasteiger partial charge in [-0.1, -0.05) is 18.6 Å². The van der Waals surface area contributed by atoms with Gasteiger partial charge in [0, 0.05) is 23.7 Å². The van der Waals surface area contributed by atoms with Gasteiger partial charge in [0.1, 0.15) is 11.6 Å². The van der Waals surface area contributed by atoms with Crippen molar-refractivity contribution in [1.29, 1.82) is 0 Å². The molecule has 2 rings (SSSR count). The summed E-state index contributed by atoms with van der Waals surface area (Å²) in [7, 11) is 0. The molecule has 0 aliphatic carbocycles. The summed E-state index contributed by atoms with van der Waals surface area (Å²) in [6.07, 6.45) is 7.14. The molecule has 1 aromatic carbocycles. The lowest BCUT2D eigenvalue weighted by Crippen LogP contribution is -2.39. The van der Waals surface area contributed by atoms with Gasteiger partial charge in [-0.05, 0) is 31.9 Å². The van der Waals surface area contributed by atoms with Crippen LogP contribution in [0.1, 0.15) is 31.7 Å². The van der Waals surface area contributed by atoms with Crippen LogP contribution < -0.4 is 5.32 Å². The molecule has 1 nitrogen and oxygen atoms in total. The third-order valence-corrected chi connectivity index (χ3v) is 3.12. The Kier molecular flexibility index (Phi) is 3.89. The number of piperidine rings is 1. The Morgan fingerprint density at radius 1 is 1.29 bits per heavy atom.